The maximum atomic E-state index is 9.11. The van der Waals surface area contributed by atoms with E-state index in [2.05, 4.69) is 6.92 Å². The lowest BCUT2D eigenvalue weighted by Gasteiger charge is -1.68. The number of nitrogens with zero attached hydrogens (tertiary/aromatic N) is 1. The average Bonchev–Trinajstić information content (AvgIpc) is 1.38. The summed E-state index contributed by atoms with van der Waals surface area (Å²) in [4.78, 5) is 8.62. The van der Waals surface area contributed by atoms with Crippen LogP contribution in [0.15, 0.2) is 0 Å². The van der Waals surface area contributed by atoms with E-state index < -0.39 is 4.92 Å². The smallest absolute Gasteiger partial charge is 0.261 e. The van der Waals surface area contributed by atoms with Crippen LogP contribution in [0.3, 0.4) is 0 Å². The van der Waals surface area contributed by atoms with Crippen LogP contribution in [-0.2, 0) is 0 Å². The first-order valence-electron chi connectivity index (χ1n) is 1.18. The van der Waals surface area contributed by atoms with E-state index in [0.717, 1.165) is 0 Å². The van der Waals surface area contributed by atoms with Gasteiger partial charge < -0.3 is 0 Å². The first-order chi connectivity index (χ1) is 2.27. The lowest BCUT2D eigenvalue weighted by atomic mass is 10.8. The summed E-state index contributed by atoms with van der Waals surface area (Å²) < 4.78 is 0. The number of hydrogen-bond acceptors (Lipinski definition) is 2. The van der Waals surface area contributed by atoms with Gasteiger partial charge in [0.2, 0.25) is 0 Å². The molecule has 0 saturated carbocycles. The second kappa shape index (κ2) is 1.58. The minimum absolute atomic E-state index is 0.222. The second-order valence-electron chi connectivity index (χ2n) is 0.556. The summed E-state index contributed by atoms with van der Waals surface area (Å²) in [6, 6.07) is 0. The summed E-state index contributed by atoms with van der Waals surface area (Å²) in [5.74, 6) is 0. The van der Waals surface area contributed by atoms with E-state index in [1.54, 1.807) is 0 Å². The molecule has 3 nitrogen and oxygen atoms in total. The quantitative estimate of drug-likeness (QED) is 0.251. The fraction of sp³-hybridized carbons (Fsp3) is 0.500. The standard InChI is InChI=1S/C2H4NO2/c1-2-3(4)5/h1-2H2/q+1. The number of nitro groups is 1. The Labute approximate surface area is 29.8 Å². The second-order valence-corrected chi connectivity index (χ2v) is 0.556. The molecule has 0 unspecified atom stereocenters. The van der Waals surface area contributed by atoms with Crippen LogP contribution in [-0.4, -0.2) is 11.5 Å². The van der Waals surface area contributed by atoms with Gasteiger partial charge in [0.05, 0.1) is 4.92 Å². The molecule has 0 spiro atoms. The Morgan fingerprint density at radius 1 is 2.00 bits per heavy atom. The van der Waals surface area contributed by atoms with Crippen molar-refractivity contribution >= 4 is 0 Å². The molecule has 0 aromatic rings. The van der Waals surface area contributed by atoms with Crippen LogP contribution in [0.5, 0.6) is 0 Å². The molecule has 0 aliphatic carbocycles. The zero-order chi connectivity index (χ0) is 4.28. The van der Waals surface area contributed by atoms with Crippen molar-refractivity contribution in [3.63, 3.8) is 0 Å². The van der Waals surface area contributed by atoms with Crippen molar-refractivity contribution < 1.29 is 4.92 Å². The highest BCUT2D eigenvalue weighted by molar-refractivity contribution is 4.23. The van der Waals surface area contributed by atoms with Crippen molar-refractivity contribution in [2.75, 3.05) is 6.54 Å². The Bertz CT molecular complexity index is 42.9. The van der Waals surface area contributed by atoms with Gasteiger partial charge in [-0.3, -0.25) is 10.1 Å². The molecule has 0 saturated heterocycles. The first kappa shape index (κ1) is 4.27. The summed E-state index contributed by atoms with van der Waals surface area (Å²) in [6.45, 7) is 2.76. The summed E-state index contributed by atoms with van der Waals surface area (Å²) in [5.41, 5.74) is 0. The van der Waals surface area contributed by atoms with Crippen LogP contribution in [0.2, 0.25) is 0 Å². The monoisotopic (exact) mass is 74.0 g/mol. The van der Waals surface area contributed by atoms with Gasteiger partial charge in [-0.15, -0.1) is 0 Å². The van der Waals surface area contributed by atoms with Crippen molar-refractivity contribution in [2.24, 2.45) is 0 Å². The highest BCUT2D eigenvalue weighted by Crippen LogP contribution is 1.56. The molecule has 0 aromatic heterocycles. The Morgan fingerprint density at radius 2 is 2.20 bits per heavy atom. The molecular formula is C2H4NO2+. The highest BCUT2D eigenvalue weighted by atomic mass is 16.6. The topological polar surface area (TPSA) is 43.1 Å². The van der Waals surface area contributed by atoms with Crippen molar-refractivity contribution in [2.45, 2.75) is 0 Å². The van der Waals surface area contributed by atoms with Crippen molar-refractivity contribution in [3.05, 3.63) is 17.0 Å². The number of hydrogen-bond donors (Lipinski definition) is 0. The van der Waals surface area contributed by atoms with E-state index in [-0.39, 0.29) is 6.54 Å². The molecule has 0 fully saturated rings. The van der Waals surface area contributed by atoms with Gasteiger partial charge in [-0.05, 0) is 0 Å². The molecule has 0 aliphatic rings. The summed E-state index contributed by atoms with van der Waals surface area (Å²) in [6.07, 6.45) is 0. The molecule has 0 radical (unpaired) electrons. The molecule has 0 amide bonds. The minimum Gasteiger partial charge on any atom is -0.261 e. The van der Waals surface area contributed by atoms with Gasteiger partial charge in [-0.2, -0.15) is 0 Å². The molecule has 0 aliphatic heterocycles. The maximum absolute atomic E-state index is 9.11. The number of rotatable bonds is 1. The SMILES string of the molecule is [CH2+]C[N+](=O)[O-]. The fourth-order valence-electron chi connectivity index (χ4n) is 0. The molecule has 0 atom stereocenters. The fourth-order valence-corrected chi connectivity index (χ4v) is 0. The van der Waals surface area contributed by atoms with Crippen LogP contribution >= 0.6 is 0 Å². The van der Waals surface area contributed by atoms with Crippen molar-refractivity contribution in [3.8, 4) is 0 Å². The largest absolute Gasteiger partial charge is 0.327 e. The predicted molar refractivity (Wildman–Crippen MR) is 17.2 cm³/mol. The van der Waals surface area contributed by atoms with Gasteiger partial charge >= 0.3 is 6.54 Å². The first-order valence-corrected chi connectivity index (χ1v) is 1.18. The molecule has 0 bridgehead atoms. The Balaban J connectivity index is 2.85. The molecule has 0 aromatic carbocycles. The highest BCUT2D eigenvalue weighted by Gasteiger charge is 1.85. The maximum Gasteiger partial charge on any atom is 0.327 e. The summed E-state index contributed by atoms with van der Waals surface area (Å²) in [7, 11) is 0. The Kier molecular flexibility index (Phi) is 1.35. The Morgan fingerprint density at radius 3 is 2.20 bits per heavy atom. The van der Waals surface area contributed by atoms with E-state index in [0.29, 0.717) is 0 Å². The average molecular weight is 74.1 g/mol. The molecular weight excluding hydrogens is 70.0 g/mol. The van der Waals surface area contributed by atoms with Gasteiger partial charge in [-0.25, -0.2) is 0 Å². The zero-order valence-corrected chi connectivity index (χ0v) is 2.68. The molecule has 28 valence electrons. The van der Waals surface area contributed by atoms with Gasteiger partial charge in [0.25, 0.3) is 0 Å². The molecule has 0 rings (SSSR count). The van der Waals surface area contributed by atoms with Crippen LogP contribution < -0.4 is 0 Å². The molecule has 5 heavy (non-hydrogen) atoms. The van der Waals surface area contributed by atoms with Crippen LogP contribution in [0.4, 0.5) is 0 Å². The summed E-state index contributed by atoms with van der Waals surface area (Å²) >= 11 is 0. The zero-order valence-electron chi connectivity index (χ0n) is 2.68. The Hall–Kier alpha value is -0.730. The third kappa shape index (κ3) is 3.27. The third-order valence-corrected chi connectivity index (χ3v) is 0.183. The molecule has 0 heterocycles. The minimum atomic E-state index is -0.486. The van der Waals surface area contributed by atoms with E-state index in [1.165, 1.54) is 0 Å². The van der Waals surface area contributed by atoms with Gasteiger partial charge in [0, 0.05) is 0 Å². The molecule has 3 heteroatoms. The summed E-state index contributed by atoms with van der Waals surface area (Å²) in [5, 5.41) is 9.11. The lowest BCUT2D eigenvalue weighted by Crippen LogP contribution is -1.92. The van der Waals surface area contributed by atoms with Crippen molar-refractivity contribution in [1.29, 1.82) is 0 Å². The van der Waals surface area contributed by atoms with Gasteiger partial charge in [0.15, 0.2) is 0 Å². The van der Waals surface area contributed by atoms with E-state index in [1.807, 2.05) is 0 Å². The van der Waals surface area contributed by atoms with Crippen LogP contribution in [0.1, 0.15) is 0 Å². The third-order valence-electron chi connectivity index (χ3n) is 0.183. The van der Waals surface area contributed by atoms with E-state index in [4.69, 9.17) is 10.1 Å². The normalized spacial score (nSPS) is 7.20. The molecule has 0 N–H and O–H groups in total. The predicted octanol–water partition coefficient (Wildman–Crippen LogP) is 0.0972. The van der Waals surface area contributed by atoms with Gasteiger partial charge in [-0.1, -0.05) is 0 Å². The van der Waals surface area contributed by atoms with E-state index >= 15 is 0 Å². The van der Waals surface area contributed by atoms with Crippen molar-refractivity contribution in [1.82, 2.24) is 0 Å². The van der Waals surface area contributed by atoms with E-state index in [9.17, 15) is 0 Å². The van der Waals surface area contributed by atoms with Gasteiger partial charge in [0.1, 0.15) is 6.92 Å². The van der Waals surface area contributed by atoms with Crippen LogP contribution in [0.25, 0.3) is 0 Å². The van der Waals surface area contributed by atoms with Crippen LogP contribution in [0, 0.1) is 17.0 Å². The lowest BCUT2D eigenvalue weighted by molar-refractivity contribution is -0.469.